The standard InChI is InChI=1S/C19H15N3O4S2/c20-16(24)13-8-10-27-18(13)22-15(23)11-26-19(25)14-7-4-9-21-17(14)28-12-5-2-1-3-6-12/h1-10H,11H2,(H2,20,24)(H,22,23). The van der Waals surface area contributed by atoms with Gasteiger partial charge in [0.1, 0.15) is 10.0 Å². The van der Waals surface area contributed by atoms with E-state index in [1.807, 2.05) is 30.3 Å². The molecular formula is C19H15N3O4S2. The number of nitrogens with two attached hydrogens (primary N) is 1. The maximum atomic E-state index is 12.4. The van der Waals surface area contributed by atoms with E-state index in [2.05, 4.69) is 10.3 Å². The monoisotopic (exact) mass is 413 g/mol. The third-order valence-corrected chi connectivity index (χ3v) is 5.32. The molecule has 9 heteroatoms. The Morgan fingerprint density at radius 1 is 1.07 bits per heavy atom. The van der Waals surface area contributed by atoms with Crippen molar-refractivity contribution in [1.82, 2.24) is 4.98 Å². The lowest BCUT2D eigenvalue weighted by molar-refractivity contribution is -0.119. The van der Waals surface area contributed by atoms with Gasteiger partial charge in [-0.05, 0) is 35.7 Å². The number of pyridine rings is 1. The molecule has 142 valence electrons. The summed E-state index contributed by atoms with van der Waals surface area (Å²) in [5, 5.41) is 4.94. The van der Waals surface area contributed by atoms with E-state index in [4.69, 9.17) is 10.5 Å². The summed E-state index contributed by atoms with van der Waals surface area (Å²) < 4.78 is 5.10. The summed E-state index contributed by atoms with van der Waals surface area (Å²) in [5.74, 6) is -1.88. The van der Waals surface area contributed by atoms with Crippen LogP contribution in [0.5, 0.6) is 0 Å². The first-order valence-corrected chi connectivity index (χ1v) is 9.76. The molecule has 2 amide bonds. The summed E-state index contributed by atoms with van der Waals surface area (Å²) >= 11 is 2.48. The maximum Gasteiger partial charge on any atom is 0.341 e. The molecule has 0 saturated carbocycles. The van der Waals surface area contributed by atoms with Crippen molar-refractivity contribution >= 4 is 45.9 Å². The molecule has 0 unspecified atom stereocenters. The van der Waals surface area contributed by atoms with Crippen LogP contribution in [0.3, 0.4) is 0 Å². The number of thiophene rings is 1. The summed E-state index contributed by atoms with van der Waals surface area (Å²) in [6.07, 6.45) is 1.58. The average molecular weight is 413 g/mol. The van der Waals surface area contributed by atoms with E-state index in [0.717, 1.165) is 16.2 Å². The average Bonchev–Trinajstić information content (AvgIpc) is 3.16. The number of hydrogen-bond donors (Lipinski definition) is 2. The second-order valence-electron chi connectivity index (χ2n) is 5.42. The third-order valence-electron chi connectivity index (χ3n) is 3.47. The number of aromatic nitrogens is 1. The van der Waals surface area contributed by atoms with E-state index in [1.165, 1.54) is 17.8 Å². The number of primary amides is 1. The normalized spacial score (nSPS) is 10.3. The molecule has 0 aliphatic rings. The fourth-order valence-electron chi connectivity index (χ4n) is 2.20. The van der Waals surface area contributed by atoms with Gasteiger partial charge in [-0.25, -0.2) is 9.78 Å². The van der Waals surface area contributed by atoms with Gasteiger partial charge in [-0.1, -0.05) is 30.0 Å². The van der Waals surface area contributed by atoms with Gasteiger partial charge in [0.15, 0.2) is 6.61 Å². The van der Waals surface area contributed by atoms with Crippen LogP contribution in [0.15, 0.2) is 70.0 Å². The second-order valence-corrected chi connectivity index (χ2v) is 7.40. The smallest absolute Gasteiger partial charge is 0.341 e. The topological polar surface area (TPSA) is 111 Å². The number of benzene rings is 1. The SMILES string of the molecule is NC(=O)c1ccsc1NC(=O)COC(=O)c1cccnc1Sc1ccccc1. The van der Waals surface area contributed by atoms with Crippen LogP contribution in [0.2, 0.25) is 0 Å². The van der Waals surface area contributed by atoms with Gasteiger partial charge >= 0.3 is 5.97 Å². The lowest BCUT2D eigenvalue weighted by atomic mass is 10.3. The Hall–Kier alpha value is -3.17. The minimum Gasteiger partial charge on any atom is -0.452 e. The van der Waals surface area contributed by atoms with Crippen LogP contribution in [-0.4, -0.2) is 29.4 Å². The number of amides is 2. The zero-order valence-corrected chi connectivity index (χ0v) is 16.1. The summed E-state index contributed by atoms with van der Waals surface area (Å²) in [6.45, 7) is -0.501. The number of nitrogens with zero attached hydrogens (tertiary/aromatic N) is 1. The summed E-state index contributed by atoms with van der Waals surface area (Å²) in [6, 6.07) is 14.2. The Labute approximate surface area is 168 Å². The Bertz CT molecular complexity index is 1010. The van der Waals surface area contributed by atoms with Crippen molar-refractivity contribution < 1.29 is 19.1 Å². The molecule has 0 radical (unpaired) electrons. The quantitative estimate of drug-likeness (QED) is 0.576. The van der Waals surface area contributed by atoms with Crippen molar-refractivity contribution in [2.24, 2.45) is 5.73 Å². The van der Waals surface area contributed by atoms with E-state index in [-0.39, 0.29) is 11.1 Å². The number of carbonyl (C=O) groups is 3. The van der Waals surface area contributed by atoms with Crippen LogP contribution in [0.4, 0.5) is 5.00 Å². The van der Waals surface area contributed by atoms with Crippen molar-refractivity contribution in [2.75, 3.05) is 11.9 Å². The summed E-state index contributed by atoms with van der Waals surface area (Å²) in [7, 11) is 0. The fraction of sp³-hybridized carbons (Fsp3) is 0.0526. The highest BCUT2D eigenvalue weighted by atomic mass is 32.2. The molecule has 1 aromatic carbocycles. The van der Waals surface area contributed by atoms with Crippen LogP contribution in [0, 0.1) is 0 Å². The first kappa shape index (κ1) is 19.6. The predicted molar refractivity (Wildman–Crippen MR) is 107 cm³/mol. The molecule has 3 rings (SSSR count). The summed E-state index contributed by atoms with van der Waals surface area (Å²) in [5.41, 5.74) is 5.70. The van der Waals surface area contributed by atoms with Gasteiger partial charge in [-0.3, -0.25) is 9.59 Å². The van der Waals surface area contributed by atoms with E-state index in [0.29, 0.717) is 10.0 Å². The largest absolute Gasteiger partial charge is 0.452 e. The molecule has 0 aliphatic carbocycles. The van der Waals surface area contributed by atoms with Crippen molar-refractivity contribution in [2.45, 2.75) is 9.92 Å². The molecule has 28 heavy (non-hydrogen) atoms. The van der Waals surface area contributed by atoms with Gasteiger partial charge < -0.3 is 15.8 Å². The highest BCUT2D eigenvalue weighted by Crippen LogP contribution is 2.28. The van der Waals surface area contributed by atoms with Crippen LogP contribution >= 0.6 is 23.1 Å². The molecule has 0 atom stereocenters. The van der Waals surface area contributed by atoms with E-state index in [9.17, 15) is 14.4 Å². The zero-order chi connectivity index (χ0) is 19.9. The summed E-state index contributed by atoms with van der Waals surface area (Å²) in [4.78, 5) is 40.9. The van der Waals surface area contributed by atoms with Gasteiger partial charge in [0.25, 0.3) is 11.8 Å². The number of hydrogen-bond acceptors (Lipinski definition) is 7. The third kappa shape index (κ3) is 4.96. The number of anilines is 1. The van der Waals surface area contributed by atoms with Crippen molar-refractivity contribution in [3.63, 3.8) is 0 Å². The molecule has 2 heterocycles. The van der Waals surface area contributed by atoms with Gasteiger partial charge in [0.05, 0.1) is 11.1 Å². The van der Waals surface area contributed by atoms with Gasteiger partial charge in [0.2, 0.25) is 0 Å². The van der Waals surface area contributed by atoms with Gasteiger partial charge in [-0.15, -0.1) is 11.3 Å². The first-order valence-electron chi connectivity index (χ1n) is 8.07. The number of nitrogens with one attached hydrogen (secondary N) is 1. The molecule has 3 N–H and O–H groups in total. The van der Waals surface area contributed by atoms with Crippen LogP contribution < -0.4 is 11.1 Å². The first-order chi connectivity index (χ1) is 13.5. The maximum absolute atomic E-state index is 12.4. The lowest BCUT2D eigenvalue weighted by Gasteiger charge is -2.09. The number of ether oxygens (including phenoxy) is 1. The molecule has 3 aromatic rings. The Morgan fingerprint density at radius 3 is 2.61 bits per heavy atom. The second kappa shape index (κ2) is 9.16. The molecule has 0 bridgehead atoms. The van der Waals surface area contributed by atoms with Crippen LogP contribution in [0.1, 0.15) is 20.7 Å². The number of rotatable bonds is 7. The van der Waals surface area contributed by atoms with Crippen molar-refractivity contribution in [3.8, 4) is 0 Å². The van der Waals surface area contributed by atoms with Crippen molar-refractivity contribution in [3.05, 3.63) is 71.2 Å². The van der Waals surface area contributed by atoms with Gasteiger partial charge in [0, 0.05) is 11.1 Å². The van der Waals surface area contributed by atoms with E-state index < -0.39 is 24.4 Å². The number of carbonyl (C=O) groups excluding carboxylic acids is 3. The minimum absolute atomic E-state index is 0.207. The van der Waals surface area contributed by atoms with Gasteiger partial charge in [-0.2, -0.15) is 0 Å². The van der Waals surface area contributed by atoms with Crippen molar-refractivity contribution in [1.29, 1.82) is 0 Å². The van der Waals surface area contributed by atoms with Crippen LogP contribution in [-0.2, 0) is 9.53 Å². The minimum atomic E-state index is -0.664. The fourth-order valence-corrected chi connectivity index (χ4v) is 3.90. The van der Waals surface area contributed by atoms with E-state index >= 15 is 0 Å². The lowest BCUT2D eigenvalue weighted by Crippen LogP contribution is -2.22. The molecule has 0 spiro atoms. The highest BCUT2D eigenvalue weighted by molar-refractivity contribution is 7.99. The molecule has 2 aromatic heterocycles. The molecular weight excluding hydrogens is 398 g/mol. The highest BCUT2D eigenvalue weighted by Gasteiger charge is 2.18. The molecule has 0 saturated heterocycles. The Kier molecular flexibility index (Phi) is 6.41. The zero-order valence-electron chi connectivity index (χ0n) is 14.5. The molecule has 0 aliphatic heterocycles. The molecule has 7 nitrogen and oxygen atoms in total. The van der Waals surface area contributed by atoms with E-state index in [1.54, 1.807) is 23.7 Å². The Balaban J connectivity index is 1.63. The number of esters is 1. The predicted octanol–water partition coefficient (Wildman–Crippen LogP) is 3.19. The van der Waals surface area contributed by atoms with Crippen LogP contribution in [0.25, 0.3) is 0 Å². The molecule has 0 fully saturated rings. The Morgan fingerprint density at radius 2 is 1.86 bits per heavy atom.